The summed E-state index contributed by atoms with van der Waals surface area (Å²) in [6.45, 7) is 8.50. The predicted molar refractivity (Wildman–Crippen MR) is 71.4 cm³/mol. The van der Waals surface area contributed by atoms with E-state index in [-0.39, 0.29) is 11.9 Å². The molecule has 1 aliphatic heterocycles. The number of hydrogen-bond donors (Lipinski definition) is 2. The zero-order valence-electron chi connectivity index (χ0n) is 11.5. The lowest BCUT2D eigenvalue weighted by molar-refractivity contribution is -0.123. The highest BCUT2D eigenvalue weighted by Gasteiger charge is 2.18. The van der Waals surface area contributed by atoms with Gasteiger partial charge >= 0.3 is 0 Å². The summed E-state index contributed by atoms with van der Waals surface area (Å²) in [7, 11) is 1.64. The first-order valence-electron chi connectivity index (χ1n) is 6.58. The highest BCUT2D eigenvalue weighted by atomic mass is 16.5. The first-order valence-corrected chi connectivity index (χ1v) is 6.58. The number of nitrogens with zero attached hydrogens (tertiary/aromatic N) is 2. The average Bonchev–Trinajstić information content (AvgIpc) is 2.32. The standard InChI is InChI=1S/C12H26N4O2/c1-11(10-18-2)14-12(17)9-16-7-5-15(4-3-13)6-8-16/h11H,3-10,13H2,1-2H3,(H,14,17). The zero-order valence-corrected chi connectivity index (χ0v) is 11.5. The molecule has 0 radical (unpaired) electrons. The third kappa shape index (κ3) is 5.77. The number of nitrogens with two attached hydrogens (primary N) is 1. The van der Waals surface area contributed by atoms with Crippen LogP contribution in [0.15, 0.2) is 0 Å². The molecule has 18 heavy (non-hydrogen) atoms. The van der Waals surface area contributed by atoms with Gasteiger partial charge in [-0.2, -0.15) is 0 Å². The van der Waals surface area contributed by atoms with Gasteiger partial charge in [0.05, 0.1) is 13.2 Å². The van der Waals surface area contributed by atoms with E-state index < -0.39 is 0 Å². The zero-order chi connectivity index (χ0) is 13.4. The van der Waals surface area contributed by atoms with Crippen LogP contribution in [0.2, 0.25) is 0 Å². The lowest BCUT2D eigenvalue weighted by Gasteiger charge is -2.34. The van der Waals surface area contributed by atoms with E-state index in [1.165, 1.54) is 0 Å². The molecule has 106 valence electrons. The van der Waals surface area contributed by atoms with Crippen molar-refractivity contribution < 1.29 is 9.53 Å². The lowest BCUT2D eigenvalue weighted by Crippen LogP contribution is -2.51. The molecular formula is C12H26N4O2. The first-order chi connectivity index (χ1) is 8.65. The van der Waals surface area contributed by atoms with E-state index in [0.717, 1.165) is 32.7 Å². The fourth-order valence-corrected chi connectivity index (χ4v) is 2.17. The van der Waals surface area contributed by atoms with Crippen LogP contribution in [0, 0.1) is 0 Å². The van der Waals surface area contributed by atoms with Crippen LogP contribution in [0.3, 0.4) is 0 Å². The molecule has 1 rings (SSSR count). The highest BCUT2D eigenvalue weighted by Crippen LogP contribution is 2.00. The molecule has 1 fully saturated rings. The summed E-state index contributed by atoms with van der Waals surface area (Å²) < 4.78 is 4.99. The third-order valence-corrected chi connectivity index (χ3v) is 3.10. The second-order valence-corrected chi connectivity index (χ2v) is 4.83. The van der Waals surface area contributed by atoms with Crippen molar-refractivity contribution >= 4 is 5.91 Å². The lowest BCUT2D eigenvalue weighted by atomic mass is 10.3. The molecule has 6 heteroatoms. The van der Waals surface area contributed by atoms with E-state index in [1.54, 1.807) is 7.11 Å². The fourth-order valence-electron chi connectivity index (χ4n) is 2.17. The van der Waals surface area contributed by atoms with Crippen LogP contribution in [0.25, 0.3) is 0 Å². The van der Waals surface area contributed by atoms with E-state index in [0.29, 0.717) is 19.7 Å². The Morgan fingerprint density at radius 1 is 1.33 bits per heavy atom. The molecule has 0 aliphatic carbocycles. The molecule has 1 heterocycles. The van der Waals surface area contributed by atoms with Gasteiger partial charge in [0, 0.05) is 52.4 Å². The van der Waals surface area contributed by atoms with Gasteiger partial charge < -0.3 is 15.8 Å². The molecule has 0 aromatic carbocycles. The van der Waals surface area contributed by atoms with Gasteiger partial charge in [-0.05, 0) is 6.92 Å². The van der Waals surface area contributed by atoms with Crippen molar-refractivity contribution in [2.75, 3.05) is 59.5 Å². The molecule has 6 nitrogen and oxygen atoms in total. The molecule has 1 atom stereocenters. The predicted octanol–water partition coefficient (Wildman–Crippen LogP) is -1.29. The summed E-state index contributed by atoms with van der Waals surface area (Å²) in [5.41, 5.74) is 5.53. The minimum absolute atomic E-state index is 0.0704. The maximum absolute atomic E-state index is 11.8. The average molecular weight is 258 g/mol. The van der Waals surface area contributed by atoms with Crippen LogP contribution in [-0.4, -0.2) is 81.3 Å². The Morgan fingerprint density at radius 3 is 2.50 bits per heavy atom. The molecule has 1 unspecified atom stereocenters. The largest absolute Gasteiger partial charge is 0.383 e. The quantitative estimate of drug-likeness (QED) is 0.595. The number of piperazine rings is 1. The summed E-state index contributed by atoms with van der Waals surface area (Å²) >= 11 is 0. The minimum Gasteiger partial charge on any atom is -0.383 e. The van der Waals surface area contributed by atoms with Crippen molar-refractivity contribution in [1.29, 1.82) is 0 Å². The van der Waals surface area contributed by atoms with Gasteiger partial charge in [-0.3, -0.25) is 14.6 Å². The Labute approximate surface area is 109 Å². The summed E-state index contributed by atoms with van der Waals surface area (Å²) in [6, 6.07) is 0.0704. The third-order valence-electron chi connectivity index (χ3n) is 3.10. The van der Waals surface area contributed by atoms with Gasteiger partial charge in [-0.15, -0.1) is 0 Å². The molecule has 0 bridgehead atoms. The Balaban J connectivity index is 2.18. The molecule has 1 amide bonds. The Hall–Kier alpha value is -0.690. The highest BCUT2D eigenvalue weighted by molar-refractivity contribution is 5.78. The van der Waals surface area contributed by atoms with Crippen molar-refractivity contribution in [1.82, 2.24) is 15.1 Å². The van der Waals surface area contributed by atoms with E-state index >= 15 is 0 Å². The van der Waals surface area contributed by atoms with Gasteiger partial charge in [-0.1, -0.05) is 0 Å². The van der Waals surface area contributed by atoms with Crippen molar-refractivity contribution in [2.24, 2.45) is 5.73 Å². The van der Waals surface area contributed by atoms with Gasteiger partial charge in [0.25, 0.3) is 0 Å². The van der Waals surface area contributed by atoms with Gasteiger partial charge in [0.15, 0.2) is 0 Å². The van der Waals surface area contributed by atoms with Crippen molar-refractivity contribution in [3.05, 3.63) is 0 Å². The number of amides is 1. The Kier molecular flexibility index (Phi) is 7.19. The molecule has 0 aromatic heterocycles. The van der Waals surface area contributed by atoms with E-state index in [9.17, 15) is 4.79 Å². The van der Waals surface area contributed by atoms with Crippen LogP contribution in [0.5, 0.6) is 0 Å². The van der Waals surface area contributed by atoms with Gasteiger partial charge in [0.2, 0.25) is 5.91 Å². The number of carbonyl (C=O) groups is 1. The molecule has 0 saturated carbocycles. The van der Waals surface area contributed by atoms with Gasteiger partial charge in [0.1, 0.15) is 0 Å². The summed E-state index contributed by atoms with van der Waals surface area (Å²) in [6.07, 6.45) is 0. The second kappa shape index (κ2) is 8.42. The van der Waals surface area contributed by atoms with Crippen molar-refractivity contribution in [3.8, 4) is 0 Å². The minimum atomic E-state index is 0.0704. The SMILES string of the molecule is COCC(C)NC(=O)CN1CCN(CCN)CC1. The summed E-state index contributed by atoms with van der Waals surface area (Å²) in [4.78, 5) is 16.3. The normalized spacial score (nSPS) is 19.7. The van der Waals surface area contributed by atoms with E-state index in [4.69, 9.17) is 10.5 Å². The number of methoxy groups -OCH3 is 1. The molecule has 1 aliphatic rings. The summed E-state index contributed by atoms with van der Waals surface area (Å²) in [5.74, 6) is 0.0758. The molecule has 0 spiro atoms. The number of ether oxygens (including phenoxy) is 1. The number of carbonyl (C=O) groups excluding carboxylic acids is 1. The second-order valence-electron chi connectivity index (χ2n) is 4.83. The molecule has 3 N–H and O–H groups in total. The van der Waals surface area contributed by atoms with Crippen LogP contribution in [0.1, 0.15) is 6.92 Å². The van der Waals surface area contributed by atoms with E-state index in [1.807, 2.05) is 6.92 Å². The molecular weight excluding hydrogens is 232 g/mol. The summed E-state index contributed by atoms with van der Waals surface area (Å²) in [5, 5.41) is 2.93. The first kappa shape index (κ1) is 15.4. The Morgan fingerprint density at radius 2 is 1.94 bits per heavy atom. The van der Waals surface area contributed by atoms with Crippen molar-refractivity contribution in [3.63, 3.8) is 0 Å². The number of rotatable bonds is 7. The van der Waals surface area contributed by atoms with Crippen LogP contribution >= 0.6 is 0 Å². The maximum Gasteiger partial charge on any atom is 0.234 e. The number of nitrogens with one attached hydrogen (secondary N) is 1. The topological polar surface area (TPSA) is 70.8 Å². The van der Waals surface area contributed by atoms with Crippen LogP contribution in [-0.2, 0) is 9.53 Å². The van der Waals surface area contributed by atoms with Crippen molar-refractivity contribution in [2.45, 2.75) is 13.0 Å². The smallest absolute Gasteiger partial charge is 0.234 e. The van der Waals surface area contributed by atoms with Gasteiger partial charge in [-0.25, -0.2) is 0 Å². The number of hydrogen-bond acceptors (Lipinski definition) is 5. The molecule has 0 aromatic rings. The monoisotopic (exact) mass is 258 g/mol. The van der Waals surface area contributed by atoms with Crippen LogP contribution in [0.4, 0.5) is 0 Å². The maximum atomic E-state index is 11.8. The fraction of sp³-hybridized carbons (Fsp3) is 0.917. The van der Waals surface area contributed by atoms with E-state index in [2.05, 4.69) is 15.1 Å². The molecule has 1 saturated heterocycles. The van der Waals surface area contributed by atoms with Crippen LogP contribution < -0.4 is 11.1 Å². The Bertz CT molecular complexity index is 242.